The first-order chi connectivity index (χ1) is 2.00. The van der Waals surface area contributed by atoms with Gasteiger partial charge in [-0.3, -0.25) is 9.11 Å². The monoisotopic (exact) mass is 244 g/mol. The van der Waals surface area contributed by atoms with Crippen LogP contribution in [0.3, 0.4) is 0 Å². The van der Waals surface area contributed by atoms with Gasteiger partial charge in [-0.25, -0.2) is 0 Å². The molecule has 0 rings (SSSR count). The predicted octanol–water partition coefficient (Wildman–Crippen LogP) is -0.236. The summed E-state index contributed by atoms with van der Waals surface area (Å²) in [6.45, 7) is 0. The Bertz CT molecular complexity index is 97.2. The Labute approximate surface area is 74.4 Å². The first-order valence-electron chi connectivity index (χ1n) is 0.698. The molecule has 0 fully saturated rings. The SMILES string of the molecule is Cl.O=S(=O)(O)O.[Mn].[Mn]. The molecule has 0 aromatic heterocycles. The molecule has 0 amide bonds. The minimum absolute atomic E-state index is 0. The van der Waals surface area contributed by atoms with Gasteiger partial charge in [-0.05, 0) is 0 Å². The van der Waals surface area contributed by atoms with Crippen molar-refractivity contribution in [2.45, 2.75) is 0 Å². The van der Waals surface area contributed by atoms with Gasteiger partial charge in [0, 0.05) is 34.1 Å². The fourth-order valence-electron chi connectivity index (χ4n) is 0. The van der Waals surface area contributed by atoms with E-state index in [1.807, 2.05) is 0 Å². The van der Waals surface area contributed by atoms with Crippen molar-refractivity contribution in [3.63, 3.8) is 0 Å². The molecule has 2 N–H and O–H groups in total. The molecule has 2 radical (unpaired) electrons. The summed E-state index contributed by atoms with van der Waals surface area (Å²) in [6, 6.07) is 0. The summed E-state index contributed by atoms with van der Waals surface area (Å²) in [4.78, 5) is 0. The summed E-state index contributed by atoms with van der Waals surface area (Å²) in [5.41, 5.74) is 0. The van der Waals surface area contributed by atoms with Gasteiger partial charge in [0.15, 0.2) is 0 Å². The number of hydrogen-bond donors (Lipinski definition) is 2. The molecule has 0 aliphatic carbocycles. The second-order valence-electron chi connectivity index (χ2n) is 0.448. The van der Waals surface area contributed by atoms with Crippen molar-refractivity contribution in [1.29, 1.82) is 0 Å². The molecule has 4 nitrogen and oxygen atoms in total. The number of hydrogen-bond acceptors (Lipinski definition) is 2. The first kappa shape index (κ1) is 22.9. The quantitative estimate of drug-likeness (QED) is 0.456. The zero-order valence-electron chi connectivity index (χ0n) is 3.28. The molecule has 0 bridgehead atoms. The normalized spacial score (nSPS) is 7.25. The van der Waals surface area contributed by atoms with Crippen molar-refractivity contribution in [3.8, 4) is 0 Å². The van der Waals surface area contributed by atoms with Crippen LogP contribution in [0.2, 0.25) is 0 Å². The van der Waals surface area contributed by atoms with E-state index >= 15 is 0 Å². The molecule has 0 saturated carbocycles. The molecular formula is H3ClMn2O4S. The van der Waals surface area contributed by atoms with Gasteiger partial charge in [0.1, 0.15) is 0 Å². The molecule has 0 aromatic carbocycles. The molecule has 0 heterocycles. The van der Waals surface area contributed by atoms with Crippen molar-refractivity contribution in [1.82, 2.24) is 0 Å². The predicted molar refractivity (Wildman–Crippen MR) is 21.4 cm³/mol. The molecule has 0 spiro atoms. The molecule has 0 saturated heterocycles. The van der Waals surface area contributed by atoms with Crippen molar-refractivity contribution < 1.29 is 51.7 Å². The molecule has 0 aliphatic heterocycles. The Morgan fingerprint density at radius 2 is 1.00 bits per heavy atom. The van der Waals surface area contributed by atoms with Crippen LogP contribution in [0, 0.1) is 0 Å². The number of halogens is 1. The largest absolute Gasteiger partial charge is 0.394 e. The topological polar surface area (TPSA) is 74.6 Å². The van der Waals surface area contributed by atoms with Crippen molar-refractivity contribution >= 4 is 22.8 Å². The van der Waals surface area contributed by atoms with Crippen LogP contribution in [-0.4, -0.2) is 17.5 Å². The molecule has 0 aliphatic rings. The van der Waals surface area contributed by atoms with Crippen LogP contribution < -0.4 is 0 Å². The van der Waals surface area contributed by atoms with E-state index in [4.69, 9.17) is 17.5 Å². The fourth-order valence-corrected chi connectivity index (χ4v) is 0. The van der Waals surface area contributed by atoms with Gasteiger partial charge in [-0.1, -0.05) is 0 Å². The summed E-state index contributed by atoms with van der Waals surface area (Å²) in [5.74, 6) is 0. The Morgan fingerprint density at radius 1 is 1.00 bits per heavy atom. The van der Waals surface area contributed by atoms with E-state index in [1.54, 1.807) is 0 Å². The molecule has 8 heteroatoms. The molecule has 0 unspecified atom stereocenters. The van der Waals surface area contributed by atoms with E-state index in [2.05, 4.69) is 0 Å². The Hall–Kier alpha value is 1.20. The summed E-state index contributed by atoms with van der Waals surface area (Å²) in [6.07, 6.45) is 0. The van der Waals surface area contributed by atoms with Crippen LogP contribution in [0.4, 0.5) is 0 Å². The van der Waals surface area contributed by atoms with Crippen LogP contribution in [0.15, 0.2) is 0 Å². The van der Waals surface area contributed by atoms with Gasteiger partial charge < -0.3 is 0 Å². The third-order valence-corrected chi connectivity index (χ3v) is 0. The van der Waals surface area contributed by atoms with Gasteiger partial charge >= 0.3 is 10.4 Å². The van der Waals surface area contributed by atoms with Crippen LogP contribution in [0.5, 0.6) is 0 Å². The van der Waals surface area contributed by atoms with Crippen LogP contribution in [0.25, 0.3) is 0 Å². The second kappa shape index (κ2) is 8.20. The van der Waals surface area contributed by atoms with Gasteiger partial charge in [0.05, 0.1) is 0 Å². The van der Waals surface area contributed by atoms with Crippen molar-refractivity contribution in [2.24, 2.45) is 0 Å². The van der Waals surface area contributed by atoms with Crippen LogP contribution >= 0.6 is 12.4 Å². The average Bonchev–Trinajstić information content (AvgIpc) is 0.722. The van der Waals surface area contributed by atoms with Gasteiger partial charge in [-0.2, -0.15) is 8.42 Å². The Morgan fingerprint density at radius 3 is 1.00 bits per heavy atom. The third kappa shape index (κ3) is 192. The number of rotatable bonds is 0. The molecule has 54 valence electrons. The van der Waals surface area contributed by atoms with E-state index in [0.717, 1.165) is 0 Å². The van der Waals surface area contributed by atoms with Crippen LogP contribution in [-0.2, 0) is 44.5 Å². The van der Waals surface area contributed by atoms with Crippen molar-refractivity contribution in [2.75, 3.05) is 0 Å². The summed E-state index contributed by atoms with van der Waals surface area (Å²) in [7, 11) is -4.67. The summed E-state index contributed by atoms with van der Waals surface area (Å²) < 4.78 is 31.6. The van der Waals surface area contributed by atoms with Gasteiger partial charge in [0.2, 0.25) is 0 Å². The van der Waals surface area contributed by atoms with E-state index in [9.17, 15) is 0 Å². The van der Waals surface area contributed by atoms with E-state index in [1.165, 1.54) is 0 Å². The zero-order valence-corrected chi connectivity index (χ0v) is 7.28. The minimum Gasteiger partial charge on any atom is -0.264 e. The maximum absolute atomic E-state index is 8.74. The average molecular weight is 244 g/mol. The fraction of sp³-hybridized carbons (Fsp3) is 0. The van der Waals surface area contributed by atoms with Crippen LogP contribution in [0.1, 0.15) is 0 Å². The van der Waals surface area contributed by atoms with E-state index in [0.29, 0.717) is 0 Å². The Kier molecular flexibility index (Phi) is 23.4. The standard InChI is InChI=1S/ClH.2Mn.H2O4S/c;;;1-5(2,3)4/h1H;;;(H2,1,2,3,4). The maximum atomic E-state index is 8.74. The molecule has 8 heavy (non-hydrogen) atoms. The first-order valence-corrected chi connectivity index (χ1v) is 2.10. The second-order valence-corrected chi connectivity index (χ2v) is 1.34. The minimum atomic E-state index is -4.67. The van der Waals surface area contributed by atoms with Crippen molar-refractivity contribution in [3.05, 3.63) is 0 Å². The summed E-state index contributed by atoms with van der Waals surface area (Å²) in [5, 5.41) is 0. The van der Waals surface area contributed by atoms with Gasteiger partial charge in [-0.15, -0.1) is 12.4 Å². The maximum Gasteiger partial charge on any atom is 0.394 e. The van der Waals surface area contributed by atoms with E-state index < -0.39 is 10.4 Å². The molecular weight excluding hydrogens is 241 g/mol. The summed E-state index contributed by atoms with van der Waals surface area (Å²) >= 11 is 0. The third-order valence-electron chi connectivity index (χ3n) is 0. The smallest absolute Gasteiger partial charge is 0.264 e. The van der Waals surface area contributed by atoms with Gasteiger partial charge in [0.25, 0.3) is 0 Å². The molecule has 0 aromatic rings. The van der Waals surface area contributed by atoms with E-state index in [-0.39, 0.29) is 46.5 Å². The molecule has 0 atom stereocenters. The Balaban J connectivity index is -0.0000000267. The zero-order chi connectivity index (χ0) is 4.50.